The van der Waals surface area contributed by atoms with Gasteiger partial charge in [0.15, 0.2) is 0 Å². The van der Waals surface area contributed by atoms with Gasteiger partial charge in [0.25, 0.3) is 0 Å². The molecule has 0 spiro atoms. The number of esters is 1. The van der Waals surface area contributed by atoms with Gasteiger partial charge >= 0.3 is 12.1 Å². The standard InChI is InChI=1S/C10H9F3O3/c1-16-9(15)7-4-6(5-14)2-3-8(7)10(11,12)13/h2-4,14H,5H2,1H3. The first-order valence-electron chi connectivity index (χ1n) is 4.29. The van der Waals surface area contributed by atoms with Gasteiger partial charge in [0.05, 0.1) is 24.8 Å². The molecule has 0 unspecified atom stereocenters. The Morgan fingerprint density at radius 3 is 2.50 bits per heavy atom. The number of aliphatic hydroxyl groups is 1. The predicted molar refractivity (Wildman–Crippen MR) is 48.7 cm³/mol. The summed E-state index contributed by atoms with van der Waals surface area (Å²) in [5.74, 6) is -1.08. The zero-order valence-electron chi connectivity index (χ0n) is 8.34. The smallest absolute Gasteiger partial charge is 0.417 e. The van der Waals surface area contributed by atoms with Gasteiger partial charge in [0.2, 0.25) is 0 Å². The highest BCUT2D eigenvalue weighted by Gasteiger charge is 2.35. The summed E-state index contributed by atoms with van der Waals surface area (Å²) >= 11 is 0. The number of alkyl halides is 3. The normalized spacial score (nSPS) is 11.3. The molecular formula is C10H9F3O3. The third-order valence-electron chi connectivity index (χ3n) is 1.98. The Hall–Kier alpha value is -1.56. The zero-order valence-corrected chi connectivity index (χ0v) is 8.34. The topological polar surface area (TPSA) is 46.5 Å². The van der Waals surface area contributed by atoms with Crippen LogP contribution in [0.5, 0.6) is 0 Å². The second-order valence-corrected chi connectivity index (χ2v) is 3.03. The molecule has 88 valence electrons. The van der Waals surface area contributed by atoms with E-state index >= 15 is 0 Å². The van der Waals surface area contributed by atoms with Crippen LogP contribution in [0.2, 0.25) is 0 Å². The molecule has 6 heteroatoms. The lowest BCUT2D eigenvalue weighted by Crippen LogP contribution is -2.14. The van der Waals surface area contributed by atoms with Crippen LogP contribution < -0.4 is 0 Å². The number of hydrogen-bond acceptors (Lipinski definition) is 3. The minimum Gasteiger partial charge on any atom is -0.465 e. The summed E-state index contributed by atoms with van der Waals surface area (Å²) in [5.41, 5.74) is -1.45. The maximum Gasteiger partial charge on any atom is 0.417 e. The van der Waals surface area contributed by atoms with Gasteiger partial charge in [-0.3, -0.25) is 0 Å². The van der Waals surface area contributed by atoms with Gasteiger partial charge in [-0.15, -0.1) is 0 Å². The number of hydrogen-bond donors (Lipinski definition) is 1. The summed E-state index contributed by atoms with van der Waals surface area (Å²) in [6.45, 7) is -0.442. The average Bonchev–Trinajstić information content (AvgIpc) is 2.25. The van der Waals surface area contributed by atoms with Crippen molar-refractivity contribution >= 4 is 5.97 Å². The van der Waals surface area contributed by atoms with Crippen LogP contribution >= 0.6 is 0 Å². The van der Waals surface area contributed by atoms with E-state index < -0.39 is 29.9 Å². The highest BCUT2D eigenvalue weighted by atomic mass is 19.4. The number of ether oxygens (including phenoxy) is 1. The van der Waals surface area contributed by atoms with Gasteiger partial charge in [-0.25, -0.2) is 4.79 Å². The largest absolute Gasteiger partial charge is 0.465 e. The Balaban J connectivity index is 3.33. The second-order valence-electron chi connectivity index (χ2n) is 3.03. The van der Waals surface area contributed by atoms with Gasteiger partial charge in [-0.1, -0.05) is 6.07 Å². The summed E-state index contributed by atoms with van der Waals surface area (Å²) in [6.07, 6.45) is -4.63. The van der Waals surface area contributed by atoms with Crippen LogP contribution in [0.4, 0.5) is 13.2 Å². The van der Waals surface area contributed by atoms with Crippen molar-refractivity contribution in [3.63, 3.8) is 0 Å². The molecule has 1 N–H and O–H groups in total. The Kier molecular flexibility index (Phi) is 3.54. The maximum atomic E-state index is 12.5. The number of methoxy groups -OCH3 is 1. The van der Waals surface area contributed by atoms with Crippen molar-refractivity contribution in [2.75, 3.05) is 7.11 Å². The number of carbonyl (C=O) groups excluding carboxylic acids is 1. The first-order valence-corrected chi connectivity index (χ1v) is 4.29. The number of halogens is 3. The summed E-state index contributed by atoms with van der Waals surface area (Å²) in [6, 6.07) is 2.82. The Labute approximate surface area is 89.5 Å². The fraction of sp³-hybridized carbons (Fsp3) is 0.300. The van der Waals surface area contributed by atoms with Gasteiger partial charge in [0, 0.05) is 0 Å². The molecule has 0 aliphatic rings. The number of benzene rings is 1. The Morgan fingerprint density at radius 2 is 2.06 bits per heavy atom. The maximum absolute atomic E-state index is 12.5. The average molecular weight is 234 g/mol. The molecule has 1 aromatic carbocycles. The molecule has 16 heavy (non-hydrogen) atoms. The van der Waals surface area contributed by atoms with Crippen molar-refractivity contribution in [3.05, 3.63) is 34.9 Å². The molecule has 0 radical (unpaired) electrons. The third kappa shape index (κ3) is 2.52. The second kappa shape index (κ2) is 4.52. The molecule has 0 heterocycles. The fourth-order valence-electron chi connectivity index (χ4n) is 1.22. The molecule has 0 atom stereocenters. The van der Waals surface area contributed by atoms with Crippen LogP contribution in [0.25, 0.3) is 0 Å². The number of carbonyl (C=O) groups is 1. The molecule has 0 fully saturated rings. The molecular weight excluding hydrogens is 225 g/mol. The van der Waals surface area contributed by atoms with E-state index in [9.17, 15) is 18.0 Å². The minimum absolute atomic E-state index is 0.216. The van der Waals surface area contributed by atoms with Crippen LogP contribution in [0, 0.1) is 0 Å². The summed E-state index contributed by atoms with van der Waals surface area (Å²) in [7, 11) is 0.994. The van der Waals surface area contributed by atoms with E-state index in [2.05, 4.69) is 4.74 Å². The molecule has 1 rings (SSSR count). The Bertz CT molecular complexity index is 399. The molecule has 0 saturated carbocycles. The van der Waals surface area contributed by atoms with Crippen LogP contribution in [0.1, 0.15) is 21.5 Å². The highest BCUT2D eigenvalue weighted by Crippen LogP contribution is 2.32. The first kappa shape index (κ1) is 12.5. The van der Waals surface area contributed by atoms with Crippen LogP contribution in [-0.4, -0.2) is 18.2 Å². The molecule has 0 aliphatic heterocycles. The van der Waals surface area contributed by atoms with Crippen LogP contribution in [0.3, 0.4) is 0 Å². The van der Waals surface area contributed by atoms with Gasteiger partial charge in [-0.2, -0.15) is 13.2 Å². The summed E-state index contributed by atoms with van der Waals surface area (Å²) in [4.78, 5) is 11.1. The third-order valence-corrected chi connectivity index (χ3v) is 1.98. The van der Waals surface area contributed by atoms with Crippen molar-refractivity contribution in [1.29, 1.82) is 0 Å². The number of aliphatic hydroxyl groups excluding tert-OH is 1. The minimum atomic E-state index is -4.63. The van der Waals surface area contributed by atoms with Crippen molar-refractivity contribution < 1.29 is 27.8 Å². The highest BCUT2D eigenvalue weighted by molar-refractivity contribution is 5.91. The van der Waals surface area contributed by atoms with Crippen molar-refractivity contribution in [2.45, 2.75) is 12.8 Å². The first-order chi connectivity index (χ1) is 7.40. The van der Waals surface area contributed by atoms with Crippen molar-refractivity contribution in [3.8, 4) is 0 Å². The molecule has 0 aromatic heterocycles. The van der Waals surface area contributed by atoms with Crippen LogP contribution in [0.15, 0.2) is 18.2 Å². The molecule has 0 bridgehead atoms. The monoisotopic (exact) mass is 234 g/mol. The number of rotatable bonds is 2. The summed E-state index contributed by atoms with van der Waals surface area (Å²) in [5, 5.41) is 8.78. The fourth-order valence-corrected chi connectivity index (χ4v) is 1.22. The molecule has 0 amide bonds. The lowest BCUT2D eigenvalue weighted by molar-refractivity contribution is -0.138. The lowest BCUT2D eigenvalue weighted by atomic mass is 10.0. The summed E-state index contributed by atoms with van der Waals surface area (Å²) < 4.78 is 41.8. The van der Waals surface area contributed by atoms with E-state index in [-0.39, 0.29) is 5.56 Å². The quantitative estimate of drug-likeness (QED) is 0.796. The van der Waals surface area contributed by atoms with Crippen LogP contribution in [-0.2, 0) is 17.5 Å². The lowest BCUT2D eigenvalue weighted by Gasteiger charge is -2.12. The van der Waals surface area contributed by atoms with Crippen molar-refractivity contribution in [1.82, 2.24) is 0 Å². The zero-order chi connectivity index (χ0) is 12.3. The van der Waals surface area contributed by atoms with Gasteiger partial charge < -0.3 is 9.84 Å². The van der Waals surface area contributed by atoms with E-state index in [1.165, 1.54) is 0 Å². The van der Waals surface area contributed by atoms with Gasteiger partial charge in [-0.05, 0) is 17.7 Å². The molecule has 0 saturated heterocycles. The van der Waals surface area contributed by atoms with E-state index in [0.717, 1.165) is 25.3 Å². The van der Waals surface area contributed by atoms with E-state index in [1.807, 2.05) is 0 Å². The molecule has 1 aromatic rings. The SMILES string of the molecule is COC(=O)c1cc(CO)ccc1C(F)(F)F. The van der Waals surface area contributed by atoms with E-state index in [4.69, 9.17) is 5.11 Å². The predicted octanol–water partition coefficient (Wildman–Crippen LogP) is 1.98. The van der Waals surface area contributed by atoms with Gasteiger partial charge in [0.1, 0.15) is 0 Å². The Morgan fingerprint density at radius 1 is 1.44 bits per heavy atom. The van der Waals surface area contributed by atoms with E-state index in [0.29, 0.717) is 0 Å². The van der Waals surface area contributed by atoms with E-state index in [1.54, 1.807) is 0 Å². The molecule has 0 aliphatic carbocycles. The molecule has 3 nitrogen and oxygen atoms in total. The van der Waals surface area contributed by atoms with Crippen molar-refractivity contribution in [2.24, 2.45) is 0 Å².